The minimum absolute atomic E-state index is 0.764. The van der Waals surface area contributed by atoms with Crippen molar-refractivity contribution in [3.8, 4) is 5.75 Å². The Morgan fingerprint density at radius 3 is 3.00 bits per heavy atom. The summed E-state index contributed by atoms with van der Waals surface area (Å²) in [6.45, 7) is 1.72. The SMILES string of the molecule is COc1ccc2c3c(oc2c1)CN(c1nsc2ccccc12)CC3. The Kier molecular flexibility index (Phi) is 3.03. The first-order chi connectivity index (χ1) is 11.8. The highest BCUT2D eigenvalue weighted by molar-refractivity contribution is 7.13. The number of fused-ring (bicyclic) bond motifs is 4. The summed E-state index contributed by atoms with van der Waals surface area (Å²) in [6, 6.07) is 14.5. The third-order valence-corrected chi connectivity index (χ3v) is 5.52. The molecule has 1 aliphatic heterocycles. The minimum Gasteiger partial charge on any atom is -0.497 e. The van der Waals surface area contributed by atoms with Gasteiger partial charge in [0.15, 0.2) is 5.82 Å². The van der Waals surface area contributed by atoms with Crippen LogP contribution in [0.2, 0.25) is 0 Å². The molecule has 0 bridgehead atoms. The molecule has 5 rings (SSSR count). The summed E-state index contributed by atoms with van der Waals surface area (Å²) in [5.74, 6) is 2.94. The summed E-state index contributed by atoms with van der Waals surface area (Å²) in [5.41, 5.74) is 2.23. The maximum absolute atomic E-state index is 6.13. The number of hydrogen-bond donors (Lipinski definition) is 0. The van der Waals surface area contributed by atoms with Crippen LogP contribution in [0.15, 0.2) is 46.9 Å². The van der Waals surface area contributed by atoms with Gasteiger partial charge in [-0.25, -0.2) is 0 Å². The summed E-state index contributed by atoms with van der Waals surface area (Å²) in [4.78, 5) is 2.32. The van der Waals surface area contributed by atoms with Crippen molar-refractivity contribution >= 4 is 38.4 Å². The number of rotatable bonds is 2. The smallest absolute Gasteiger partial charge is 0.150 e. The Morgan fingerprint density at radius 2 is 2.08 bits per heavy atom. The van der Waals surface area contributed by atoms with Crippen LogP contribution in [-0.2, 0) is 13.0 Å². The number of hydrogen-bond acceptors (Lipinski definition) is 5. The second-order valence-electron chi connectivity index (χ2n) is 6.04. The minimum atomic E-state index is 0.764. The van der Waals surface area contributed by atoms with Gasteiger partial charge in [0.25, 0.3) is 0 Å². The van der Waals surface area contributed by atoms with Crippen LogP contribution in [0.25, 0.3) is 21.1 Å². The number of furan rings is 1. The largest absolute Gasteiger partial charge is 0.497 e. The van der Waals surface area contributed by atoms with E-state index in [0.29, 0.717) is 0 Å². The Balaban J connectivity index is 1.56. The Hall–Kier alpha value is -2.53. The summed E-state index contributed by atoms with van der Waals surface area (Å²) in [5, 5.41) is 2.43. The van der Waals surface area contributed by atoms with Crippen LogP contribution in [-0.4, -0.2) is 18.0 Å². The van der Waals surface area contributed by atoms with Gasteiger partial charge in [0.1, 0.15) is 17.1 Å². The van der Waals surface area contributed by atoms with Gasteiger partial charge in [-0.2, -0.15) is 4.37 Å². The highest BCUT2D eigenvalue weighted by Crippen LogP contribution is 2.36. The maximum atomic E-state index is 6.13. The second kappa shape index (κ2) is 5.24. The number of methoxy groups -OCH3 is 1. The zero-order valence-electron chi connectivity index (χ0n) is 13.3. The molecule has 120 valence electrons. The number of benzene rings is 2. The zero-order valence-corrected chi connectivity index (χ0v) is 14.1. The van der Waals surface area contributed by atoms with E-state index in [0.717, 1.165) is 42.4 Å². The molecule has 4 aromatic rings. The van der Waals surface area contributed by atoms with Gasteiger partial charge in [0.2, 0.25) is 0 Å². The first kappa shape index (κ1) is 13.9. The van der Waals surface area contributed by atoms with Crippen molar-refractivity contribution in [1.29, 1.82) is 0 Å². The molecule has 5 heteroatoms. The molecule has 0 radical (unpaired) electrons. The fourth-order valence-corrected chi connectivity index (χ4v) is 4.29. The van der Waals surface area contributed by atoms with Crippen LogP contribution in [0.5, 0.6) is 5.75 Å². The normalized spacial score (nSPS) is 14.3. The van der Waals surface area contributed by atoms with Crippen molar-refractivity contribution in [2.75, 3.05) is 18.6 Å². The van der Waals surface area contributed by atoms with Crippen LogP contribution in [0.4, 0.5) is 5.82 Å². The average Bonchev–Trinajstić information content (AvgIpc) is 3.21. The van der Waals surface area contributed by atoms with E-state index in [2.05, 4.69) is 39.6 Å². The third kappa shape index (κ3) is 2.01. The highest BCUT2D eigenvalue weighted by atomic mass is 32.1. The fraction of sp³-hybridized carbons (Fsp3) is 0.211. The first-order valence-electron chi connectivity index (χ1n) is 8.01. The molecule has 0 fully saturated rings. The lowest BCUT2D eigenvalue weighted by Gasteiger charge is -2.26. The molecule has 3 heterocycles. The number of anilines is 1. The number of nitrogens with zero attached hydrogens (tertiary/aromatic N) is 2. The lowest BCUT2D eigenvalue weighted by molar-refractivity contribution is 0.414. The molecule has 0 saturated carbocycles. The molecule has 1 aliphatic rings. The van der Waals surface area contributed by atoms with E-state index in [4.69, 9.17) is 9.15 Å². The highest BCUT2D eigenvalue weighted by Gasteiger charge is 2.25. The Morgan fingerprint density at radius 1 is 1.17 bits per heavy atom. The molecule has 4 nitrogen and oxygen atoms in total. The Bertz CT molecular complexity index is 1050. The van der Waals surface area contributed by atoms with Crippen molar-refractivity contribution in [2.24, 2.45) is 0 Å². The molecule has 2 aromatic carbocycles. The van der Waals surface area contributed by atoms with Crippen molar-refractivity contribution in [3.63, 3.8) is 0 Å². The summed E-state index contributed by atoms with van der Waals surface area (Å²) in [7, 11) is 1.68. The molecule has 0 unspecified atom stereocenters. The van der Waals surface area contributed by atoms with E-state index in [1.165, 1.54) is 21.0 Å². The van der Waals surface area contributed by atoms with Crippen LogP contribution in [0.1, 0.15) is 11.3 Å². The molecule has 0 aliphatic carbocycles. The monoisotopic (exact) mass is 336 g/mol. The zero-order chi connectivity index (χ0) is 16.1. The average molecular weight is 336 g/mol. The van der Waals surface area contributed by atoms with Gasteiger partial charge in [0, 0.05) is 28.9 Å². The lowest BCUT2D eigenvalue weighted by atomic mass is 10.0. The molecule has 0 amide bonds. The van der Waals surface area contributed by atoms with E-state index < -0.39 is 0 Å². The van der Waals surface area contributed by atoms with Crippen molar-refractivity contribution in [1.82, 2.24) is 4.37 Å². The van der Waals surface area contributed by atoms with E-state index >= 15 is 0 Å². The van der Waals surface area contributed by atoms with E-state index in [1.807, 2.05) is 12.1 Å². The van der Waals surface area contributed by atoms with Gasteiger partial charge in [-0.1, -0.05) is 12.1 Å². The van der Waals surface area contributed by atoms with Crippen LogP contribution < -0.4 is 9.64 Å². The standard InChI is InChI=1S/C19H16N2O2S/c1-22-12-6-7-13-14-8-9-21(11-17(14)23-16(13)10-12)19-15-4-2-3-5-18(15)24-20-19/h2-7,10H,8-9,11H2,1H3. The lowest BCUT2D eigenvalue weighted by Crippen LogP contribution is -2.29. The van der Waals surface area contributed by atoms with Crippen molar-refractivity contribution in [3.05, 3.63) is 53.8 Å². The molecule has 0 N–H and O–H groups in total. The van der Waals surface area contributed by atoms with Crippen LogP contribution >= 0.6 is 11.5 Å². The molecule has 2 aromatic heterocycles. The third-order valence-electron chi connectivity index (χ3n) is 4.71. The molecular formula is C19H16N2O2S. The van der Waals surface area contributed by atoms with Crippen LogP contribution in [0.3, 0.4) is 0 Å². The predicted molar refractivity (Wildman–Crippen MR) is 97.1 cm³/mol. The van der Waals surface area contributed by atoms with Gasteiger partial charge in [-0.05, 0) is 42.2 Å². The quantitative estimate of drug-likeness (QED) is 0.536. The Labute approximate surface area is 143 Å². The second-order valence-corrected chi connectivity index (χ2v) is 6.84. The summed E-state index contributed by atoms with van der Waals surface area (Å²) < 4.78 is 17.3. The molecule has 0 spiro atoms. The number of aromatic nitrogens is 1. The molecular weight excluding hydrogens is 320 g/mol. The van der Waals surface area contributed by atoms with E-state index in [1.54, 1.807) is 18.6 Å². The van der Waals surface area contributed by atoms with Gasteiger partial charge in [-0.15, -0.1) is 0 Å². The summed E-state index contributed by atoms with van der Waals surface area (Å²) in [6.07, 6.45) is 0.973. The fourth-order valence-electron chi connectivity index (χ4n) is 3.49. The first-order valence-corrected chi connectivity index (χ1v) is 8.78. The van der Waals surface area contributed by atoms with Gasteiger partial charge in [0.05, 0.1) is 18.4 Å². The molecule has 0 saturated heterocycles. The predicted octanol–water partition coefficient (Wildman–Crippen LogP) is 4.61. The van der Waals surface area contributed by atoms with E-state index in [-0.39, 0.29) is 0 Å². The van der Waals surface area contributed by atoms with Crippen molar-refractivity contribution in [2.45, 2.75) is 13.0 Å². The van der Waals surface area contributed by atoms with Gasteiger partial charge < -0.3 is 14.1 Å². The molecule has 24 heavy (non-hydrogen) atoms. The molecule has 0 atom stereocenters. The van der Waals surface area contributed by atoms with Crippen molar-refractivity contribution < 1.29 is 9.15 Å². The van der Waals surface area contributed by atoms with Gasteiger partial charge in [-0.3, -0.25) is 0 Å². The van der Waals surface area contributed by atoms with E-state index in [9.17, 15) is 0 Å². The maximum Gasteiger partial charge on any atom is 0.150 e. The van der Waals surface area contributed by atoms with Gasteiger partial charge >= 0.3 is 0 Å². The number of ether oxygens (including phenoxy) is 1. The van der Waals surface area contributed by atoms with Crippen LogP contribution in [0, 0.1) is 0 Å². The topological polar surface area (TPSA) is 38.5 Å². The summed E-state index contributed by atoms with van der Waals surface area (Å²) >= 11 is 1.56.